The molecule has 2 aromatic carbocycles. The average Bonchev–Trinajstić information content (AvgIpc) is 2.60. The Bertz CT molecular complexity index is 816. The van der Waals surface area contributed by atoms with Gasteiger partial charge < -0.3 is 10.0 Å². The van der Waals surface area contributed by atoms with E-state index < -0.39 is 22.8 Å². The van der Waals surface area contributed by atoms with Crippen molar-refractivity contribution in [1.82, 2.24) is 4.90 Å². The number of carbonyl (C=O) groups excluding carboxylic acids is 1. The molecule has 0 unspecified atom stereocenters. The van der Waals surface area contributed by atoms with Gasteiger partial charge in [-0.25, -0.2) is 4.79 Å². The monoisotopic (exact) mass is 343 g/mol. The van der Waals surface area contributed by atoms with Crippen molar-refractivity contribution in [1.29, 1.82) is 0 Å². The van der Waals surface area contributed by atoms with Gasteiger partial charge in [-0.15, -0.1) is 0 Å². The van der Waals surface area contributed by atoms with Gasteiger partial charge in [-0.05, 0) is 35.4 Å². The number of hydrogen-bond donors (Lipinski definition) is 1. The molecule has 3 rings (SSSR count). The Morgan fingerprint density at radius 3 is 2.29 bits per heavy atom. The van der Waals surface area contributed by atoms with Crippen LogP contribution in [0.3, 0.4) is 0 Å². The molecule has 0 saturated carbocycles. The van der Waals surface area contributed by atoms with E-state index in [1.807, 2.05) is 24.3 Å². The van der Waals surface area contributed by atoms with Crippen LogP contribution in [-0.2, 0) is 28.6 Å². The maximum atomic E-state index is 12.8. The lowest BCUT2D eigenvalue weighted by Gasteiger charge is -2.34. The molecular formula is C18H17NO4S. The molecule has 2 aromatic rings. The Morgan fingerprint density at radius 2 is 1.71 bits per heavy atom. The van der Waals surface area contributed by atoms with Crippen LogP contribution >= 0.6 is 0 Å². The van der Waals surface area contributed by atoms with Crippen molar-refractivity contribution >= 4 is 22.7 Å². The first-order chi connectivity index (χ1) is 11.5. The first kappa shape index (κ1) is 16.4. The predicted molar refractivity (Wildman–Crippen MR) is 90.2 cm³/mol. The molecule has 0 saturated heterocycles. The first-order valence-corrected chi connectivity index (χ1v) is 9.07. The number of amides is 1. The summed E-state index contributed by atoms with van der Waals surface area (Å²) in [5.74, 6) is -1.34. The van der Waals surface area contributed by atoms with Crippen molar-refractivity contribution < 1.29 is 18.9 Å². The first-order valence-electron chi connectivity index (χ1n) is 7.51. The van der Waals surface area contributed by atoms with Crippen molar-refractivity contribution in [2.75, 3.05) is 6.26 Å². The standard InChI is InChI=1S/C18H17NO4S/c1-24(23)15-8-6-12(7-9-15)17(20)19-11-14-5-3-2-4-13(14)10-16(19)18(21)22/h2-9,16H,10-11H2,1H3,(H,21,22)/t16-,24+/m0/s1. The third-order valence-corrected chi connectivity index (χ3v) is 5.16. The van der Waals surface area contributed by atoms with Crippen molar-refractivity contribution in [2.24, 2.45) is 0 Å². The molecule has 6 heteroatoms. The van der Waals surface area contributed by atoms with E-state index in [0.29, 0.717) is 16.9 Å². The van der Waals surface area contributed by atoms with Crippen LogP contribution in [0.4, 0.5) is 0 Å². The van der Waals surface area contributed by atoms with Gasteiger partial charge in [0.15, 0.2) is 0 Å². The summed E-state index contributed by atoms with van der Waals surface area (Å²) >= 11 is 0. The van der Waals surface area contributed by atoms with E-state index in [2.05, 4.69) is 0 Å². The van der Waals surface area contributed by atoms with Crippen LogP contribution in [0.2, 0.25) is 0 Å². The van der Waals surface area contributed by atoms with Gasteiger partial charge >= 0.3 is 5.97 Å². The summed E-state index contributed by atoms with van der Waals surface area (Å²) < 4.78 is 11.4. The Balaban J connectivity index is 1.92. The Hall–Kier alpha value is -2.47. The third kappa shape index (κ3) is 3.10. The highest BCUT2D eigenvalue weighted by atomic mass is 32.2. The van der Waals surface area contributed by atoms with E-state index in [4.69, 9.17) is 0 Å². The molecule has 24 heavy (non-hydrogen) atoms. The van der Waals surface area contributed by atoms with Gasteiger partial charge in [-0.2, -0.15) is 0 Å². The number of hydrogen-bond acceptors (Lipinski definition) is 3. The molecule has 1 N–H and O–H groups in total. The lowest BCUT2D eigenvalue weighted by Crippen LogP contribution is -2.48. The topological polar surface area (TPSA) is 74.7 Å². The lowest BCUT2D eigenvalue weighted by molar-refractivity contribution is -0.142. The Morgan fingerprint density at radius 1 is 1.08 bits per heavy atom. The van der Waals surface area contributed by atoms with Crippen molar-refractivity contribution in [2.45, 2.75) is 23.9 Å². The van der Waals surface area contributed by atoms with Crippen LogP contribution in [0.1, 0.15) is 21.5 Å². The summed E-state index contributed by atoms with van der Waals surface area (Å²) in [6.07, 6.45) is 1.87. The third-order valence-electron chi connectivity index (χ3n) is 4.23. The van der Waals surface area contributed by atoms with Crippen LogP contribution in [0.15, 0.2) is 53.4 Å². The number of benzene rings is 2. The Labute approximate surface area is 142 Å². The normalized spacial score (nSPS) is 17.9. The number of carbonyl (C=O) groups is 2. The summed E-state index contributed by atoms with van der Waals surface area (Å²) in [4.78, 5) is 26.4. The fraction of sp³-hybridized carbons (Fsp3) is 0.222. The highest BCUT2D eigenvalue weighted by Gasteiger charge is 2.34. The van der Waals surface area contributed by atoms with E-state index >= 15 is 0 Å². The number of carboxylic acid groups (broad SMARTS) is 1. The molecule has 0 fully saturated rings. The summed E-state index contributed by atoms with van der Waals surface area (Å²) in [5, 5.41) is 9.51. The lowest BCUT2D eigenvalue weighted by atomic mass is 9.93. The second-order valence-electron chi connectivity index (χ2n) is 5.74. The zero-order chi connectivity index (χ0) is 17.3. The molecule has 0 bridgehead atoms. The van der Waals surface area contributed by atoms with Crippen molar-refractivity contribution in [3.8, 4) is 0 Å². The maximum Gasteiger partial charge on any atom is 0.326 e. The molecule has 0 aromatic heterocycles. The van der Waals surface area contributed by atoms with Crippen molar-refractivity contribution in [3.05, 3.63) is 65.2 Å². The Kier molecular flexibility index (Phi) is 4.49. The molecule has 1 amide bonds. The summed E-state index contributed by atoms with van der Waals surface area (Å²) in [5.41, 5.74) is 2.33. The molecule has 124 valence electrons. The van der Waals surface area contributed by atoms with Crippen LogP contribution < -0.4 is 0 Å². The molecule has 1 aliphatic rings. The van der Waals surface area contributed by atoms with Crippen LogP contribution in [0.25, 0.3) is 0 Å². The zero-order valence-corrected chi connectivity index (χ0v) is 14.0. The van der Waals surface area contributed by atoms with E-state index in [1.54, 1.807) is 30.5 Å². The highest BCUT2D eigenvalue weighted by molar-refractivity contribution is 7.84. The van der Waals surface area contributed by atoms with Gasteiger partial charge in [0, 0.05) is 40.5 Å². The van der Waals surface area contributed by atoms with E-state index in [0.717, 1.165) is 11.1 Å². The number of rotatable bonds is 3. The van der Waals surface area contributed by atoms with Gasteiger partial charge in [0.25, 0.3) is 5.91 Å². The summed E-state index contributed by atoms with van der Waals surface area (Å²) in [6, 6.07) is 13.2. The second kappa shape index (κ2) is 6.57. The van der Waals surface area contributed by atoms with Crippen LogP contribution in [0.5, 0.6) is 0 Å². The van der Waals surface area contributed by atoms with E-state index in [9.17, 15) is 18.9 Å². The predicted octanol–water partition coefficient (Wildman–Crippen LogP) is 2.08. The van der Waals surface area contributed by atoms with Crippen LogP contribution in [-0.4, -0.2) is 38.4 Å². The number of nitrogens with zero attached hydrogens (tertiary/aromatic N) is 1. The molecule has 5 nitrogen and oxygen atoms in total. The number of fused-ring (bicyclic) bond motifs is 1. The molecule has 2 atom stereocenters. The fourth-order valence-electron chi connectivity index (χ4n) is 2.91. The smallest absolute Gasteiger partial charge is 0.326 e. The molecule has 0 aliphatic carbocycles. The van der Waals surface area contributed by atoms with Crippen molar-refractivity contribution in [3.63, 3.8) is 0 Å². The molecule has 0 spiro atoms. The fourth-order valence-corrected chi connectivity index (χ4v) is 3.43. The zero-order valence-electron chi connectivity index (χ0n) is 13.1. The van der Waals surface area contributed by atoms with Gasteiger partial charge in [0.05, 0.1) is 0 Å². The minimum Gasteiger partial charge on any atom is -0.480 e. The van der Waals surface area contributed by atoms with E-state index in [-0.39, 0.29) is 12.5 Å². The van der Waals surface area contributed by atoms with Gasteiger partial charge in [-0.3, -0.25) is 9.00 Å². The average molecular weight is 343 g/mol. The minimum atomic E-state index is -1.12. The SMILES string of the molecule is C[S@@](=O)c1ccc(C(=O)N2Cc3ccccc3C[C@H]2C(=O)O)cc1. The number of aliphatic carboxylic acids is 1. The van der Waals surface area contributed by atoms with Gasteiger partial charge in [-0.1, -0.05) is 24.3 Å². The summed E-state index contributed by atoms with van der Waals surface area (Å²) in [7, 11) is -1.12. The number of carboxylic acids is 1. The quantitative estimate of drug-likeness (QED) is 0.926. The van der Waals surface area contributed by atoms with Gasteiger partial charge in [0.1, 0.15) is 6.04 Å². The maximum absolute atomic E-state index is 12.8. The largest absolute Gasteiger partial charge is 0.480 e. The summed E-state index contributed by atoms with van der Waals surface area (Å²) in [6.45, 7) is 0.271. The highest BCUT2D eigenvalue weighted by Crippen LogP contribution is 2.25. The molecular weight excluding hydrogens is 326 g/mol. The van der Waals surface area contributed by atoms with E-state index in [1.165, 1.54) is 4.90 Å². The molecule has 1 aliphatic heterocycles. The van der Waals surface area contributed by atoms with Gasteiger partial charge in [0.2, 0.25) is 0 Å². The van der Waals surface area contributed by atoms with Crippen LogP contribution in [0, 0.1) is 0 Å². The molecule has 0 radical (unpaired) electrons. The minimum absolute atomic E-state index is 0.271. The molecule has 1 heterocycles. The second-order valence-corrected chi connectivity index (χ2v) is 7.12.